The van der Waals surface area contributed by atoms with Crippen molar-refractivity contribution in [2.24, 2.45) is 0 Å². The van der Waals surface area contributed by atoms with Crippen LogP contribution in [0.5, 0.6) is 5.75 Å². The van der Waals surface area contributed by atoms with Crippen molar-refractivity contribution in [2.45, 2.75) is 9.79 Å². The smallest absolute Gasteiger partial charge is 0.294 e. The Bertz CT molecular complexity index is 1300. The number of fused-ring (bicyclic) bond motifs is 1. The molecule has 0 amide bonds. The fourth-order valence-corrected chi connectivity index (χ4v) is 3.62. The Morgan fingerprint density at radius 2 is 1.50 bits per heavy atom. The van der Waals surface area contributed by atoms with Crippen LogP contribution in [-0.4, -0.2) is 46.0 Å². The Kier molecular flexibility index (Phi) is 4.76. The number of aromatic nitrogens is 3. The van der Waals surface area contributed by atoms with Gasteiger partial charge in [-0.15, -0.1) is 0 Å². The summed E-state index contributed by atoms with van der Waals surface area (Å²) < 4.78 is 64.4. The summed E-state index contributed by atoms with van der Waals surface area (Å²) in [5.41, 5.74) is 5.32. The highest BCUT2D eigenvalue weighted by atomic mass is 35.5. The molecule has 0 saturated carbocycles. The van der Waals surface area contributed by atoms with Gasteiger partial charge in [0.05, 0.1) is 15.5 Å². The van der Waals surface area contributed by atoms with Crippen LogP contribution >= 0.6 is 11.6 Å². The molecule has 15 heteroatoms. The van der Waals surface area contributed by atoms with Gasteiger partial charge in [-0.05, 0) is 35.2 Å². The molecule has 6 N–H and O–H groups in total. The zero-order valence-corrected chi connectivity index (χ0v) is 15.8. The van der Waals surface area contributed by atoms with Crippen LogP contribution in [0, 0.1) is 0 Å². The Morgan fingerprint density at radius 3 is 2.04 bits per heavy atom. The van der Waals surface area contributed by atoms with Crippen molar-refractivity contribution >= 4 is 60.2 Å². The van der Waals surface area contributed by atoms with Crippen LogP contribution in [0.4, 0.5) is 17.6 Å². The minimum atomic E-state index is -4.72. The lowest BCUT2D eigenvalue weighted by atomic mass is 10.1. The molecule has 0 unspecified atom stereocenters. The average molecular weight is 448 g/mol. The number of phenolic OH excluding ortho intramolecular Hbond substituents is 1. The highest BCUT2D eigenvalue weighted by molar-refractivity contribution is 7.86. The van der Waals surface area contributed by atoms with Crippen LogP contribution in [0.2, 0.25) is 5.28 Å². The number of hydrogen-bond donors (Lipinski definition) is 5. The molecule has 28 heavy (non-hydrogen) atoms. The minimum absolute atomic E-state index is 0.0603. The summed E-state index contributed by atoms with van der Waals surface area (Å²) >= 11 is 5.68. The summed E-state index contributed by atoms with van der Waals surface area (Å²) in [5.74, 6) is -1.09. The Hall–Kier alpha value is -2.78. The van der Waals surface area contributed by atoms with Gasteiger partial charge >= 0.3 is 0 Å². The van der Waals surface area contributed by atoms with Gasteiger partial charge in [-0.3, -0.25) is 9.11 Å². The van der Waals surface area contributed by atoms with Crippen molar-refractivity contribution in [3.8, 4) is 5.75 Å². The van der Waals surface area contributed by atoms with Crippen LogP contribution < -0.4 is 11.1 Å². The summed E-state index contributed by atoms with van der Waals surface area (Å²) in [6.45, 7) is 0. The molecule has 0 aliphatic carbocycles. The predicted molar refractivity (Wildman–Crippen MR) is 97.8 cm³/mol. The van der Waals surface area contributed by atoms with E-state index in [1.807, 2.05) is 0 Å². The van der Waals surface area contributed by atoms with E-state index in [1.54, 1.807) is 0 Å². The molecular weight excluding hydrogens is 438 g/mol. The number of anilines is 3. The molecule has 0 aliphatic rings. The van der Waals surface area contributed by atoms with E-state index in [4.69, 9.17) is 17.3 Å². The molecule has 0 atom stereocenters. The Balaban J connectivity index is 2.33. The molecule has 0 radical (unpaired) electrons. The largest absolute Gasteiger partial charge is 0.507 e. The number of nitrogen functional groups attached to an aromatic ring is 1. The monoisotopic (exact) mass is 447 g/mol. The fraction of sp³-hybridized carbons (Fsp3) is 0. The van der Waals surface area contributed by atoms with Gasteiger partial charge in [-0.1, -0.05) is 0 Å². The normalized spacial score (nSPS) is 12.2. The number of nitrogens with two attached hydrogens (primary N) is 1. The molecule has 0 aliphatic heterocycles. The molecule has 1 heterocycles. The number of rotatable bonds is 4. The summed E-state index contributed by atoms with van der Waals surface area (Å²) in [5, 5.41) is 12.3. The first kappa shape index (κ1) is 20.0. The van der Waals surface area contributed by atoms with Crippen LogP contribution in [0.3, 0.4) is 0 Å². The van der Waals surface area contributed by atoms with Crippen LogP contribution in [0.1, 0.15) is 0 Å². The zero-order valence-electron chi connectivity index (χ0n) is 13.4. The maximum absolute atomic E-state index is 11.6. The van der Waals surface area contributed by atoms with E-state index < -0.39 is 35.8 Å². The van der Waals surface area contributed by atoms with Crippen molar-refractivity contribution in [2.75, 3.05) is 11.1 Å². The second kappa shape index (κ2) is 6.68. The molecule has 2 aromatic carbocycles. The SMILES string of the molecule is Nc1nc(Cl)nc(Nc2cc(S(=O)(=O)O)cc3cc(S(=O)(=O)O)cc(O)c23)n1. The fourth-order valence-electron chi connectivity index (χ4n) is 2.38. The molecule has 0 saturated heterocycles. The van der Waals surface area contributed by atoms with Crippen molar-refractivity contribution in [1.29, 1.82) is 0 Å². The number of phenols is 1. The van der Waals surface area contributed by atoms with Gasteiger partial charge in [-0.2, -0.15) is 31.8 Å². The molecule has 12 nitrogen and oxygen atoms in total. The zero-order chi connectivity index (χ0) is 20.9. The van der Waals surface area contributed by atoms with Crippen molar-refractivity contribution in [1.82, 2.24) is 15.0 Å². The molecule has 1 aromatic heterocycles. The van der Waals surface area contributed by atoms with Crippen molar-refractivity contribution in [3.05, 3.63) is 29.5 Å². The van der Waals surface area contributed by atoms with E-state index in [-0.39, 0.29) is 33.6 Å². The highest BCUT2D eigenvalue weighted by Gasteiger charge is 2.20. The van der Waals surface area contributed by atoms with E-state index in [9.17, 15) is 31.0 Å². The molecule has 3 aromatic rings. The topological polar surface area (TPSA) is 206 Å². The molecule has 0 fully saturated rings. The van der Waals surface area contributed by atoms with Gasteiger partial charge in [0.25, 0.3) is 20.2 Å². The van der Waals surface area contributed by atoms with Gasteiger partial charge < -0.3 is 16.2 Å². The molecule has 0 bridgehead atoms. The van der Waals surface area contributed by atoms with Crippen LogP contribution in [0.15, 0.2) is 34.1 Å². The number of benzene rings is 2. The van der Waals surface area contributed by atoms with E-state index in [1.165, 1.54) is 0 Å². The van der Waals surface area contributed by atoms with Gasteiger partial charge in [0.15, 0.2) is 0 Å². The molecule has 148 valence electrons. The number of halogens is 1. The van der Waals surface area contributed by atoms with Gasteiger partial charge in [-0.25, -0.2) is 0 Å². The number of nitrogens with one attached hydrogen (secondary N) is 1. The van der Waals surface area contributed by atoms with E-state index in [0.29, 0.717) is 0 Å². The molecule has 0 spiro atoms. The first-order valence-corrected chi connectivity index (χ1v) is 10.3. The summed E-state index contributed by atoms with van der Waals surface area (Å²) in [7, 11) is -9.43. The van der Waals surface area contributed by atoms with Crippen LogP contribution in [-0.2, 0) is 20.2 Å². The third-order valence-electron chi connectivity index (χ3n) is 3.44. The van der Waals surface area contributed by atoms with Gasteiger partial charge in [0.2, 0.25) is 17.2 Å². The first-order chi connectivity index (χ1) is 12.8. The summed E-state index contributed by atoms with van der Waals surface area (Å²) in [6.07, 6.45) is 0. The first-order valence-electron chi connectivity index (χ1n) is 7.04. The lowest BCUT2D eigenvalue weighted by molar-refractivity contribution is 0.471. The van der Waals surface area contributed by atoms with Crippen molar-refractivity contribution < 1.29 is 31.0 Å². The second-order valence-electron chi connectivity index (χ2n) is 5.37. The van der Waals surface area contributed by atoms with E-state index in [2.05, 4.69) is 20.3 Å². The van der Waals surface area contributed by atoms with E-state index >= 15 is 0 Å². The Morgan fingerprint density at radius 1 is 0.929 bits per heavy atom. The number of nitrogens with zero attached hydrogens (tertiary/aromatic N) is 3. The van der Waals surface area contributed by atoms with Gasteiger partial charge in [0.1, 0.15) is 5.75 Å². The average Bonchev–Trinajstić information content (AvgIpc) is 2.51. The third kappa shape index (κ3) is 4.05. The molecule has 3 rings (SSSR count). The van der Waals surface area contributed by atoms with Crippen LogP contribution in [0.25, 0.3) is 10.8 Å². The standard InChI is InChI=1S/C13H10ClN5O7S2/c14-11-17-12(15)19-13(18-11)16-8-3-6(27(21,22)23)1-5-2-7(28(24,25)26)4-9(20)10(5)8/h1-4,20H,(H,21,22,23)(H,24,25,26)(H3,15,16,17,18,19). The van der Waals surface area contributed by atoms with E-state index in [0.717, 1.165) is 24.3 Å². The maximum atomic E-state index is 11.6. The number of aromatic hydroxyl groups is 1. The van der Waals surface area contributed by atoms with Gasteiger partial charge in [0, 0.05) is 11.5 Å². The number of hydrogen-bond acceptors (Lipinski definition) is 10. The lowest BCUT2D eigenvalue weighted by Crippen LogP contribution is -2.06. The summed E-state index contributed by atoms with van der Waals surface area (Å²) in [6, 6.07) is 3.50. The minimum Gasteiger partial charge on any atom is -0.507 e. The third-order valence-corrected chi connectivity index (χ3v) is 5.27. The Labute approximate surface area is 162 Å². The second-order valence-corrected chi connectivity index (χ2v) is 8.55. The quantitative estimate of drug-likeness (QED) is 0.357. The predicted octanol–water partition coefficient (Wildman–Crippen LogP) is 1.20. The maximum Gasteiger partial charge on any atom is 0.294 e. The molecular formula is C13H10ClN5O7S2. The highest BCUT2D eigenvalue weighted by Crippen LogP contribution is 2.37. The lowest BCUT2D eigenvalue weighted by Gasteiger charge is -2.13. The summed E-state index contributed by atoms with van der Waals surface area (Å²) in [4.78, 5) is 9.71. The van der Waals surface area contributed by atoms with Crippen molar-refractivity contribution in [3.63, 3.8) is 0 Å².